The van der Waals surface area contributed by atoms with Crippen molar-refractivity contribution in [3.05, 3.63) is 0 Å². The van der Waals surface area contributed by atoms with Crippen molar-refractivity contribution in [3.8, 4) is 0 Å². The topological polar surface area (TPSA) is 26.3 Å². The predicted octanol–water partition coefficient (Wildman–Crippen LogP) is 5.54. The minimum atomic E-state index is -0.662. The molecular weight excluding hydrogens is 287 g/mol. The van der Waals surface area contributed by atoms with Gasteiger partial charge in [0.25, 0.3) is 0 Å². The summed E-state index contributed by atoms with van der Waals surface area (Å²) in [4.78, 5) is 12.0. The smallest absolute Gasteiger partial charge is 0.319 e. The van der Waals surface area contributed by atoms with E-state index >= 15 is 0 Å². The number of halogens is 1. The van der Waals surface area contributed by atoms with E-state index in [2.05, 4.69) is 13.8 Å². The third-order valence-corrected chi connectivity index (χ3v) is 4.85. The van der Waals surface area contributed by atoms with E-state index in [0.717, 1.165) is 50.7 Å². The van der Waals surface area contributed by atoms with Crippen LogP contribution in [0, 0.1) is 0 Å². The minimum Gasteiger partial charge on any atom is -0.465 e. The van der Waals surface area contributed by atoms with Crippen molar-refractivity contribution in [3.63, 3.8) is 0 Å². The molecule has 0 N–H and O–H groups in total. The lowest BCUT2D eigenvalue weighted by atomic mass is 10.1. The van der Waals surface area contributed by atoms with Gasteiger partial charge in [-0.3, -0.25) is 4.79 Å². The molecule has 126 valence electrons. The number of carbonyl (C=O) groups is 1. The van der Waals surface area contributed by atoms with Crippen molar-refractivity contribution < 1.29 is 13.9 Å². The van der Waals surface area contributed by atoms with E-state index < -0.39 is 6.17 Å². The van der Waals surface area contributed by atoms with Crippen LogP contribution in [0.5, 0.6) is 0 Å². The molecule has 0 aromatic carbocycles. The second-order valence-corrected chi connectivity index (χ2v) is 6.83. The molecule has 0 spiro atoms. The first kappa shape index (κ1) is 20.8. The van der Waals surface area contributed by atoms with Crippen molar-refractivity contribution in [2.24, 2.45) is 0 Å². The van der Waals surface area contributed by atoms with Crippen LogP contribution < -0.4 is 0 Å². The number of ether oxygens (including phenoxy) is 1. The summed E-state index contributed by atoms with van der Waals surface area (Å²) in [6.45, 7) is 6.65. The highest BCUT2D eigenvalue weighted by Gasteiger charge is 2.19. The third kappa shape index (κ3) is 12.0. The van der Waals surface area contributed by atoms with E-state index in [0.29, 0.717) is 19.4 Å². The van der Waals surface area contributed by atoms with Crippen molar-refractivity contribution in [2.45, 2.75) is 90.0 Å². The fourth-order valence-corrected chi connectivity index (χ4v) is 3.16. The molecule has 2 unspecified atom stereocenters. The van der Waals surface area contributed by atoms with Gasteiger partial charge >= 0.3 is 5.97 Å². The highest BCUT2D eigenvalue weighted by molar-refractivity contribution is 8.00. The van der Waals surface area contributed by atoms with Gasteiger partial charge in [-0.1, -0.05) is 40.0 Å². The maximum Gasteiger partial charge on any atom is 0.319 e. The van der Waals surface area contributed by atoms with Crippen LogP contribution in [0.1, 0.15) is 78.6 Å². The first-order chi connectivity index (χ1) is 10.2. The highest BCUT2D eigenvalue weighted by atomic mass is 32.2. The van der Waals surface area contributed by atoms with Crippen LogP contribution in [0.15, 0.2) is 0 Å². The van der Waals surface area contributed by atoms with Gasteiger partial charge in [0.1, 0.15) is 5.25 Å². The van der Waals surface area contributed by atoms with Gasteiger partial charge in [0, 0.05) is 0 Å². The summed E-state index contributed by atoms with van der Waals surface area (Å²) in [6.07, 6.45) is 7.52. The van der Waals surface area contributed by atoms with Crippen molar-refractivity contribution >= 4 is 17.7 Å². The minimum absolute atomic E-state index is 0.0332. The van der Waals surface area contributed by atoms with E-state index in [-0.39, 0.29) is 11.2 Å². The second-order valence-electron chi connectivity index (χ2n) is 5.52. The molecule has 2 nitrogen and oxygen atoms in total. The first-order valence-electron chi connectivity index (χ1n) is 8.57. The molecule has 0 amide bonds. The molecule has 0 fully saturated rings. The Balaban J connectivity index is 3.91. The molecule has 0 rings (SSSR count). The number of rotatable bonds is 14. The third-order valence-electron chi connectivity index (χ3n) is 3.50. The molecule has 0 saturated heterocycles. The highest BCUT2D eigenvalue weighted by Crippen LogP contribution is 2.21. The molecule has 0 aliphatic carbocycles. The molecule has 2 atom stereocenters. The Hall–Kier alpha value is -0.250. The monoisotopic (exact) mass is 320 g/mol. The van der Waals surface area contributed by atoms with Crippen LogP contribution in [-0.2, 0) is 9.53 Å². The summed E-state index contributed by atoms with van der Waals surface area (Å²) in [6, 6.07) is 0. The first-order valence-corrected chi connectivity index (χ1v) is 9.62. The Bertz CT molecular complexity index is 249. The number of esters is 1. The Morgan fingerprint density at radius 2 is 1.76 bits per heavy atom. The molecule has 0 aromatic rings. The number of unbranched alkanes of at least 4 members (excludes halogenated alkanes) is 3. The van der Waals surface area contributed by atoms with Gasteiger partial charge in [-0.25, -0.2) is 4.39 Å². The molecule has 0 heterocycles. The summed E-state index contributed by atoms with van der Waals surface area (Å²) < 4.78 is 18.4. The van der Waals surface area contributed by atoms with E-state index in [1.165, 1.54) is 0 Å². The molecular formula is C17H33FO2S. The van der Waals surface area contributed by atoms with Gasteiger partial charge in [0.2, 0.25) is 0 Å². The second kappa shape index (κ2) is 14.7. The van der Waals surface area contributed by atoms with E-state index in [1.54, 1.807) is 11.8 Å². The summed E-state index contributed by atoms with van der Waals surface area (Å²) in [7, 11) is 0. The van der Waals surface area contributed by atoms with Gasteiger partial charge < -0.3 is 4.74 Å². The molecule has 21 heavy (non-hydrogen) atoms. The van der Waals surface area contributed by atoms with Gasteiger partial charge in [-0.15, -0.1) is 11.8 Å². The average molecular weight is 321 g/mol. The number of carbonyl (C=O) groups excluding carboxylic acids is 1. The van der Waals surface area contributed by atoms with Gasteiger partial charge in [-0.05, 0) is 44.3 Å². The van der Waals surface area contributed by atoms with E-state index in [9.17, 15) is 9.18 Å². The van der Waals surface area contributed by atoms with Crippen LogP contribution in [0.2, 0.25) is 0 Å². The number of thioether (sulfide) groups is 1. The van der Waals surface area contributed by atoms with E-state index in [1.807, 2.05) is 6.92 Å². The standard InChI is InChI=1S/C17H33FO2S/c1-4-7-12-16(17(19)20-13-8-5-2)21-14-10-9-11-15(18)6-3/h15-16H,4-14H2,1-3H3. The molecule has 0 aliphatic heterocycles. The number of hydrogen-bond donors (Lipinski definition) is 0. The molecule has 0 aromatic heterocycles. The summed E-state index contributed by atoms with van der Waals surface area (Å²) in [5.74, 6) is 0.868. The van der Waals surface area contributed by atoms with E-state index in [4.69, 9.17) is 4.74 Å². The maximum atomic E-state index is 13.1. The van der Waals surface area contributed by atoms with Crippen molar-refractivity contribution in [1.82, 2.24) is 0 Å². The molecule has 0 radical (unpaired) electrons. The van der Waals surface area contributed by atoms with Crippen LogP contribution in [0.25, 0.3) is 0 Å². The predicted molar refractivity (Wildman–Crippen MR) is 90.7 cm³/mol. The fraction of sp³-hybridized carbons (Fsp3) is 0.941. The molecule has 0 aliphatic rings. The molecule has 0 bridgehead atoms. The zero-order chi connectivity index (χ0) is 15.9. The van der Waals surface area contributed by atoms with Crippen molar-refractivity contribution in [2.75, 3.05) is 12.4 Å². The van der Waals surface area contributed by atoms with Crippen LogP contribution in [0.4, 0.5) is 4.39 Å². The SMILES string of the molecule is CCCCOC(=O)C(CCCC)SCCCCC(F)CC. The Morgan fingerprint density at radius 1 is 1.05 bits per heavy atom. The Kier molecular flexibility index (Phi) is 14.5. The summed E-state index contributed by atoms with van der Waals surface area (Å²) in [5.41, 5.74) is 0. The fourth-order valence-electron chi connectivity index (χ4n) is 1.97. The van der Waals surface area contributed by atoms with Gasteiger partial charge in [0.15, 0.2) is 0 Å². The summed E-state index contributed by atoms with van der Waals surface area (Å²) >= 11 is 1.69. The number of hydrogen-bond acceptors (Lipinski definition) is 3. The zero-order valence-corrected chi connectivity index (χ0v) is 14.9. The lowest BCUT2D eigenvalue weighted by molar-refractivity contribution is -0.143. The largest absolute Gasteiger partial charge is 0.465 e. The van der Waals surface area contributed by atoms with Crippen LogP contribution >= 0.6 is 11.8 Å². The number of alkyl halides is 1. The normalized spacial score (nSPS) is 13.9. The lowest BCUT2D eigenvalue weighted by Crippen LogP contribution is -2.21. The van der Waals surface area contributed by atoms with Crippen molar-refractivity contribution in [1.29, 1.82) is 0 Å². The Morgan fingerprint density at radius 3 is 2.38 bits per heavy atom. The quantitative estimate of drug-likeness (QED) is 0.310. The lowest BCUT2D eigenvalue weighted by Gasteiger charge is -2.15. The maximum absolute atomic E-state index is 13.1. The zero-order valence-electron chi connectivity index (χ0n) is 14.0. The summed E-state index contributed by atoms with van der Waals surface area (Å²) in [5, 5.41) is -0.0332. The van der Waals surface area contributed by atoms with Gasteiger partial charge in [-0.2, -0.15) is 0 Å². The molecule has 0 saturated carbocycles. The molecule has 4 heteroatoms. The van der Waals surface area contributed by atoms with Crippen LogP contribution in [0.3, 0.4) is 0 Å². The van der Waals surface area contributed by atoms with Crippen LogP contribution in [-0.4, -0.2) is 29.8 Å². The van der Waals surface area contributed by atoms with Gasteiger partial charge in [0.05, 0.1) is 12.8 Å². The average Bonchev–Trinajstić information content (AvgIpc) is 2.49. The Labute approximate surface area is 134 Å².